The lowest BCUT2D eigenvalue weighted by Gasteiger charge is -2.35. The Hall–Kier alpha value is -3.48. The SMILES string of the molecule is C[C@]12C(=O)N(c3ccc4c(c3)OCCO4)C(=O)N1CCc1c2[nH]c2ccccc12. The van der Waals surface area contributed by atoms with E-state index in [-0.39, 0.29) is 11.9 Å². The van der Waals surface area contributed by atoms with Crippen molar-refractivity contribution in [2.24, 2.45) is 0 Å². The van der Waals surface area contributed by atoms with E-state index in [0.717, 1.165) is 22.2 Å². The van der Waals surface area contributed by atoms with Crippen molar-refractivity contribution in [1.82, 2.24) is 9.88 Å². The van der Waals surface area contributed by atoms with Gasteiger partial charge in [-0.3, -0.25) is 4.79 Å². The van der Waals surface area contributed by atoms with Crippen molar-refractivity contribution in [2.75, 3.05) is 24.7 Å². The standard InChI is InChI=1S/C22H19N3O4/c1-22-19-15(14-4-2-3-5-16(14)23-19)8-9-24(22)21(27)25(20(22)26)13-6-7-17-18(12-13)29-11-10-28-17/h2-7,12,23H,8-11H2,1H3/t22-/m0/s1. The van der Waals surface area contributed by atoms with Crippen LogP contribution >= 0.6 is 0 Å². The molecule has 7 heteroatoms. The summed E-state index contributed by atoms with van der Waals surface area (Å²) in [5.74, 6) is 0.920. The number of aromatic amines is 1. The number of carbonyl (C=O) groups is 2. The molecule has 29 heavy (non-hydrogen) atoms. The molecule has 3 aliphatic rings. The minimum absolute atomic E-state index is 0.258. The van der Waals surface area contributed by atoms with Crippen LogP contribution in [-0.2, 0) is 16.8 Å². The van der Waals surface area contributed by atoms with Crippen molar-refractivity contribution in [3.63, 3.8) is 0 Å². The summed E-state index contributed by atoms with van der Waals surface area (Å²) in [6.45, 7) is 3.26. The van der Waals surface area contributed by atoms with E-state index < -0.39 is 5.54 Å². The number of fused-ring (bicyclic) bond motifs is 6. The second-order valence-corrected chi connectivity index (χ2v) is 7.75. The molecule has 1 saturated heterocycles. The van der Waals surface area contributed by atoms with Gasteiger partial charge in [0.1, 0.15) is 13.2 Å². The van der Waals surface area contributed by atoms with Crippen molar-refractivity contribution < 1.29 is 19.1 Å². The van der Waals surface area contributed by atoms with Gasteiger partial charge >= 0.3 is 6.03 Å². The van der Waals surface area contributed by atoms with Crippen LogP contribution in [-0.4, -0.2) is 41.6 Å². The van der Waals surface area contributed by atoms with Crippen LogP contribution in [0.1, 0.15) is 18.2 Å². The highest BCUT2D eigenvalue weighted by atomic mass is 16.6. The number of aromatic nitrogens is 1. The fourth-order valence-electron chi connectivity index (χ4n) is 4.79. The summed E-state index contributed by atoms with van der Waals surface area (Å²) in [4.78, 5) is 33.3. The van der Waals surface area contributed by atoms with Crippen LogP contribution in [0.15, 0.2) is 42.5 Å². The molecule has 3 aliphatic heterocycles. The van der Waals surface area contributed by atoms with Crippen LogP contribution in [0.25, 0.3) is 10.9 Å². The van der Waals surface area contributed by atoms with Gasteiger partial charge in [0, 0.05) is 23.5 Å². The molecule has 0 saturated carbocycles. The first-order valence-electron chi connectivity index (χ1n) is 9.75. The summed E-state index contributed by atoms with van der Waals surface area (Å²) >= 11 is 0. The molecular formula is C22H19N3O4. The Bertz CT molecular complexity index is 1200. The van der Waals surface area contributed by atoms with Crippen molar-refractivity contribution in [3.8, 4) is 11.5 Å². The van der Waals surface area contributed by atoms with Gasteiger partial charge in [-0.25, -0.2) is 9.69 Å². The Morgan fingerprint density at radius 3 is 2.69 bits per heavy atom. The number of benzene rings is 2. The lowest BCUT2D eigenvalue weighted by molar-refractivity contribution is -0.125. The molecule has 0 aliphatic carbocycles. The number of hydrogen-bond acceptors (Lipinski definition) is 4. The van der Waals surface area contributed by atoms with Crippen LogP contribution in [0.3, 0.4) is 0 Å². The highest BCUT2D eigenvalue weighted by molar-refractivity contribution is 6.23. The number of urea groups is 1. The van der Waals surface area contributed by atoms with E-state index in [9.17, 15) is 9.59 Å². The number of para-hydroxylation sites is 1. The maximum Gasteiger partial charge on any atom is 0.332 e. The van der Waals surface area contributed by atoms with Gasteiger partial charge in [0.05, 0.1) is 11.4 Å². The van der Waals surface area contributed by atoms with Gasteiger partial charge < -0.3 is 19.4 Å². The van der Waals surface area contributed by atoms with Crippen LogP contribution in [0, 0.1) is 0 Å². The number of rotatable bonds is 1. The molecule has 1 atom stereocenters. The molecule has 0 radical (unpaired) electrons. The molecule has 1 N–H and O–H groups in total. The van der Waals surface area contributed by atoms with Crippen molar-refractivity contribution in [1.29, 1.82) is 0 Å². The first-order valence-corrected chi connectivity index (χ1v) is 9.75. The third-order valence-electron chi connectivity index (χ3n) is 6.25. The minimum Gasteiger partial charge on any atom is -0.486 e. The van der Waals surface area contributed by atoms with Gasteiger partial charge in [-0.15, -0.1) is 0 Å². The number of imide groups is 1. The number of amides is 3. The average molecular weight is 389 g/mol. The first-order chi connectivity index (χ1) is 14.1. The Morgan fingerprint density at radius 1 is 1.03 bits per heavy atom. The van der Waals surface area contributed by atoms with Crippen LogP contribution in [0.5, 0.6) is 11.5 Å². The number of anilines is 1. The minimum atomic E-state index is -1.06. The van der Waals surface area contributed by atoms with Crippen LogP contribution in [0.4, 0.5) is 10.5 Å². The molecule has 1 aromatic heterocycles. The smallest absolute Gasteiger partial charge is 0.332 e. The Morgan fingerprint density at radius 2 is 1.83 bits per heavy atom. The molecule has 0 unspecified atom stereocenters. The summed E-state index contributed by atoms with van der Waals surface area (Å²) < 4.78 is 11.2. The maximum absolute atomic E-state index is 13.7. The lowest BCUT2D eigenvalue weighted by Crippen LogP contribution is -2.49. The molecule has 146 valence electrons. The van der Waals surface area contributed by atoms with Gasteiger partial charge in [0.2, 0.25) is 0 Å². The highest BCUT2D eigenvalue weighted by Gasteiger charge is 2.59. The second-order valence-electron chi connectivity index (χ2n) is 7.75. The molecule has 0 spiro atoms. The normalized spacial score (nSPS) is 22.8. The molecule has 4 heterocycles. The predicted molar refractivity (Wildman–Crippen MR) is 106 cm³/mol. The van der Waals surface area contributed by atoms with Crippen molar-refractivity contribution >= 4 is 28.5 Å². The maximum atomic E-state index is 13.7. The number of nitrogens with one attached hydrogen (secondary N) is 1. The van der Waals surface area contributed by atoms with E-state index in [2.05, 4.69) is 11.1 Å². The van der Waals surface area contributed by atoms with E-state index in [1.165, 1.54) is 4.90 Å². The van der Waals surface area contributed by atoms with E-state index in [1.807, 2.05) is 25.1 Å². The van der Waals surface area contributed by atoms with E-state index in [1.54, 1.807) is 23.1 Å². The van der Waals surface area contributed by atoms with Crippen LogP contribution in [0.2, 0.25) is 0 Å². The zero-order chi connectivity index (χ0) is 19.8. The number of H-pyrrole nitrogens is 1. The number of carbonyl (C=O) groups excluding carboxylic acids is 2. The van der Waals surface area contributed by atoms with Crippen molar-refractivity contribution in [2.45, 2.75) is 18.9 Å². The molecule has 6 rings (SSSR count). The van der Waals surface area contributed by atoms with Gasteiger partial charge in [-0.1, -0.05) is 18.2 Å². The molecule has 2 aromatic carbocycles. The fraction of sp³-hybridized carbons (Fsp3) is 0.273. The van der Waals surface area contributed by atoms with E-state index in [4.69, 9.17) is 9.47 Å². The third-order valence-corrected chi connectivity index (χ3v) is 6.25. The summed E-state index contributed by atoms with van der Waals surface area (Å²) in [5, 5.41) is 1.11. The quantitative estimate of drug-likeness (QED) is 0.649. The molecular weight excluding hydrogens is 370 g/mol. The first kappa shape index (κ1) is 16.5. The largest absolute Gasteiger partial charge is 0.486 e. The second kappa shape index (κ2) is 5.53. The monoisotopic (exact) mass is 389 g/mol. The molecule has 3 amide bonds. The molecule has 3 aromatic rings. The Labute approximate surface area is 166 Å². The third kappa shape index (κ3) is 2.02. The highest BCUT2D eigenvalue weighted by Crippen LogP contribution is 2.46. The van der Waals surface area contributed by atoms with Crippen LogP contribution < -0.4 is 14.4 Å². The molecule has 7 nitrogen and oxygen atoms in total. The summed E-state index contributed by atoms with van der Waals surface area (Å²) in [6.07, 6.45) is 0.711. The fourth-order valence-corrected chi connectivity index (χ4v) is 4.79. The summed E-state index contributed by atoms with van der Waals surface area (Å²) in [5.41, 5.74) is 2.35. The summed E-state index contributed by atoms with van der Waals surface area (Å²) in [7, 11) is 0. The van der Waals surface area contributed by atoms with Gasteiger partial charge in [0.15, 0.2) is 17.0 Å². The number of hydrogen-bond donors (Lipinski definition) is 1. The number of nitrogens with zero attached hydrogens (tertiary/aromatic N) is 2. The van der Waals surface area contributed by atoms with E-state index in [0.29, 0.717) is 43.4 Å². The summed E-state index contributed by atoms with van der Waals surface area (Å²) in [6, 6.07) is 12.9. The number of ether oxygens (including phenoxy) is 2. The van der Waals surface area contributed by atoms with E-state index >= 15 is 0 Å². The predicted octanol–water partition coefficient (Wildman–Crippen LogP) is 3.18. The van der Waals surface area contributed by atoms with Crippen molar-refractivity contribution in [3.05, 3.63) is 53.7 Å². The van der Waals surface area contributed by atoms with Gasteiger partial charge in [-0.05, 0) is 37.1 Å². The zero-order valence-corrected chi connectivity index (χ0v) is 15.9. The zero-order valence-electron chi connectivity index (χ0n) is 15.9. The Balaban J connectivity index is 1.49. The molecule has 1 fully saturated rings. The Kier molecular flexibility index (Phi) is 3.14. The van der Waals surface area contributed by atoms with Gasteiger partial charge in [-0.2, -0.15) is 0 Å². The average Bonchev–Trinajstić information content (AvgIpc) is 3.22. The topological polar surface area (TPSA) is 74.9 Å². The molecule has 0 bridgehead atoms. The van der Waals surface area contributed by atoms with Gasteiger partial charge in [0.25, 0.3) is 5.91 Å². The lowest BCUT2D eigenvalue weighted by atomic mass is 9.87.